The van der Waals surface area contributed by atoms with E-state index in [0.717, 1.165) is 17.7 Å². The van der Waals surface area contributed by atoms with Crippen molar-refractivity contribution in [3.8, 4) is 11.3 Å². The second kappa shape index (κ2) is 7.33. The van der Waals surface area contributed by atoms with E-state index in [1.165, 1.54) is 6.07 Å². The summed E-state index contributed by atoms with van der Waals surface area (Å²) < 4.78 is 44.2. The van der Waals surface area contributed by atoms with Crippen molar-refractivity contribution in [2.75, 3.05) is 0 Å². The molecule has 25 heavy (non-hydrogen) atoms. The lowest BCUT2D eigenvalue weighted by Gasteiger charge is -2.09. The molecule has 0 fully saturated rings. The van der Waals surface area contributed by atoms with E-state index >= 15 is 0 Å². The molecule has 0 aliphatic heterocycles. The van der Waals surface area contributed by atoms with Crippen LogP contribution in [0.5, 0.6) is 0 Å². The normalized spacial score (nSPS) is 11.7. The molecule has 0 atom stereocenters. The van der Waals surface area contributed by atoms with Gasteiger partial charge in [-0.05, 0) is 35.9 Å². The van der Waals surface area contributed by atoms with Crippen molar-refractivity contribution >= 4 is 11.6 Å². The molecule has 0 unspecified atom stereocenters. The molecule has 0 bridgehead atoms. The van der Waals surface area contributed by atoms with E-state index in [1.54, 1.807) is 12.1 Å². The minimum atomic E-state index is -4.42. The Morgan fingerprint density at radius 3 is 2.40 bits per heavy atom. The monoisotopic (exact) mass is 365 g/mol. The number of furan rings is 1. The second-order valence-electron chi connectivity index (χ2n) is 5.55. The zero-order valence-electron chi connectivity index (χ0n) is 13.1. The van der Waals surface area contributed by atoms with E-state index in [1.807, 2.05) is 30.3 Å². The Balaban J connectivity index is 1.71. The molecule has 0 spiro atoms. The van der Waals surface area contributed by atoms with Crippen molar-refractivity contribution in [1.29, 1.82) is 0 Å². The van der Waals surface area contributed by atoms with Crippen LogP contribution in [0, 0.1) is 0 Å². The maximum absolute atomic E-state index is 12.9. The van der Waals surface area contributed by atoms with Crippen LogP contribution in [0.4, 0.5) is 13.2 Å². The summed E-state index contributed by atoms with van der Waals surface area (Å²) in [6.45, 7) is 1.13. The zero-order chi connectivity index (χ0) is 17.9. The first-order chi connectivity index (χ1) is 11.9. The lowest BCUT2D eigenvalue weighted by molar-refractivity contribution is -0.137. The molecule has 0 saturated carbocycles. The lowest BCUT2D eigenvalue weighted by atomic mass is 10.1. The number of halogens is 4. The van der Waals surface area contributed by atoms with Crippen molar-refractivity contribution in [3.05, 3.63) is 82.6 Å². The molecular formula is C19H15ClF3NO. The largest absolute Gasteiger partial charge is 0.460 e. The summed E-state index contributed by atoms with van der Waals surface area (Å²) in [5.41, 5.74) is 0.605. The minimum absolute atomic E-state index is 0.214. The van der Waals surface area contributed by atoms with Gasteiger partial charge in [0.15, 0.2) is 0 Å². The molecule has 0 aliphatic rings. The molecular weight excluding hydrogens is 351 g/mol. The van der Waals surface area contributed by atoms with Crippen LogP contribution in [0.1, 0.15) is 16.9 Å². The van der Waals surface area contributed by atoms with Crippen molar-refractivity contribution in [1.82, 2.24) is 5.32 Å². The molecule has 1 heterocycles. The fourth-order valence-corrected chi connectivity index (χ4v) is 2.64. The van der Waals surface area contributed by atoms with E-state index in [2.05, 4.69) is 5.32 Å². The van der Waals surface area contributed by atoms with E-state index in [4.69, 9.17) is 16.0 Å². The Kier molecular flexibility index (Phi) is 5.16. The highest BCUT2D eigenvalue weighted by Gasteiger charge is 2.31. The number of hydrogen-bond donors (Lipinski definition) is 1. The summed E-state index contributed by atoms with van der Waals surface area (Å²) in [5.74, 6) is 0.937. The van der Waals surface area contributed by atoms with Gasteiger partial charge >= 0.3 is 6.18 Å². The highest BCUT2D eigenvalue weighted by atomic mass is 35.5. The lowest BCUT2D eigenvalue weighted by Crippen LogP contribution is -2.11. The molecule has 0 aliphatic carbocycles. The van der Waals surface area contributed by atoms with Gasteiger partial charge in [0.25, 0.3) is 0 Å². The quantitative estimate of drug-likeness (QED) is 0.608. The fourth-order valence-electron chi connectivity index (χ4n) is 2.43. The van der Waals surface area contributed by atoms with Gasteiger partial charge in [-0.15, -0.1) is 0 Å². The Bertz CT molecular complexity index is 843. The SMILES string of the molecule is FC(F)(F)c1ccc(Cl)c(-c2ccc(CNCc3ccccc3)o2)c1. The van der Waals surface area contributed by atoms with Gasteiger partial charge in [-0.2, -0.15) is 13.2 Å². The van der Waals surface area contributed by atoms with Crippen molar-refractivity contribution in [3.63, 3.8) is 0 Å². The van der Waals surface area contributed by atoms with Crippen LogP contribution in [-0.4, -0.2) is 0 Å². The van der Waals surface area contributed by atoms with Crippen molar-refractivity contribution in [2.24, 2.45) is 0 Å². The highest BCUT2D eigenvalue weighted by molar-refractivity contribution is 6.33. The van der Waals surface area contributed by atoms with Crippen LogP contribution >= 0.6 is 11.6 Å². The first-order valence-electron chi connectivity index (χ1n) is 7.64. The van der Waals surface area contributed by atoms with Crippen LogP contribution in [0.25, 0.3) is 11.3 Å². The molecule has 1 N–H and O–H groups in total. The zero-order valence-corrected chi connectivity index (χ0v) is 13.9. The van der Waals surface area contributed by atoms with Crippen LogP contribution < -0.4 is 5.32 Å². The van der Waals surface area contributed by atoms with Gasteiger partial charge in [0, 0.05) is 12.1 Å². The summed E-state index contributed by atoms with van der Waals surface area (Å²) in [5, 5.41) is 3.44. The molecule has 0 saturated heterocycles. The van der Waals surface area contributed by atoms with Gasteiger partial charge in [0.05, 0.1) is 17.1 Å². The Hall–Kier alpha value is -2.24. The smallest absolute Gasteiger partial charge is 0.416 e. The maximum atomic E-state index is 12.9. The summed E-state index contributed by atoms with van der Waals surface area (Å²) in [6.07, 6.45) is -4.42. The van der Waals surface area contributed by atoms with Crippen LogP contribution in [-0.2, 0) is 19.3 Å². The maximum Gasteiger partial charge on any atom is 0.416 e. The molecule has 1 aromatic heterocycles. The topological polar surface area (TPSA) is 25.2 Å². The third-order valence-corrected chi connectivity index (χ3v) is 4.02. The van der Waals surface area contributed by atoms with E-state index in [-0.39, 0.29) is 10.6 Å². The Labute approximate surface area is 148 Å². The second-order valence-corrected chi connectivity index (χ2v) is 5.95. The molecule has 3 aromatic rings. The Morgan fingerprint density at radius 1 is 0.920 bits per heavy atom. The van der Waals surface area contributed by atoms with Crippen molar-refractivity contribution in [2.45, 2.75) is 19.3 Å². The van der Waals surface area contributed by atoms with Crippen molar-refractivity contribution < 1.29 is 17.6 Å². The number of benzene rings is 2. The van der Waals surface area contributed by atoms with Gasteiger partial charge in [-0.25, -0.2) is 0 Å². The molecule has 6 heteroatoms. The van der Waals surface area contributed by atoms with Crippen LogP contribution in [0.2, 0.25) is 5.02 Å². The number of rotatable bonds is 5. The summed E-state index contributed by atoms with van der Waals surface area (Å²) in [4.78, 5) is 0. The molecule has 130 valence electrons. The molecule has 2 aromatic carbocycles. The standard InChI is InChI=1S/C19H15ClF3NO/c20-17-8-6-14(19(21,22)23)10-16(17)18-9-7-15(25-18)12-24-11-13-4-2-1-3-5-13/h1-10,24H,11-12H2. The predicted molar refractivity (Wildman–Crippen MR) is 91.1 cm³/mol. The van der Waals surface area contributed by atoms with E-state index in [0.29, 0.717) is 24.6 Å². The average Bonchev–Trinajstić information content (AvgIpc) is 3.04. The van der Waals surface area contributed by atoms with Gasteiger partial charge in [0.2, 0.25) is 0 Å². The van der Waals surface area contributed by atoms with Gasteiger partial charge in [-0.3, -0.25) is 0 Å². The predicted octanol–water partition coefficient (Wildman–Crippen LogP) is 5.91. The molecule has 0 radical (unpaired) electrons. The minimum Gasteiger partial charge on any atom is -0.460 e. The number of nitrogens with one attached hydrogen (secondary N) is 1. The summed E-state index contributed by atoms with van der Waals surface area (Å²) in [7, 11) is 0. The summed E-state index contributed by atoms with van der Waals surface area (Å²) in [6, 6.07) is 16.4. The summed E-state index contributed by atoms with van der Waals surface area (Å²) >= 11 is 6.03. The van der Waals surface area contributed by atoms with E-state index < -0.39 is 11.7 Å². The van der Waals surface area contributed by atoms with Gasteiger partial charge in [-0.1, -0.05) is 41.9 Å². The van der Waals surface area contributed by atoms with Gasteiger partial charge in [0.1, 0.15) is 11.5 Å². The molecule has 2 nitrogen and oxygen atoms in total. The number of alkyl halides is 3. The third-order valence-electron chi connectivity index (χ3n) is 3.69. The van der Waals surface area contributed by atoms with E-state index in [9.17, 15) is 13.2 Å². The average molecular weight is 366 g/mol. The molecule has 0 amide bonds. The van der Waals surface area contributed by atoms with Crippen LogP contribution in [0.3, 0.4) is 0 Å². The number of hydrogen-bond acceptors (Lipinski definition) is 2. The Morgan fingerprint density at radius 2 is 1.68 bits per heavy atom. The first kappa shape index (κ1) is 17.6. The van der Waals surface area contributed by atoms with Crippen LogP contribution in [0.15, 0.2) is 65.1 Å². The highest BCUT2D eigenvalue weighted by Crippen LogP contribution is 2.36. The first-order valence-corrected chi connectivity index (χ1v) is 8.02. The molecule has 3 rings (SSSR count). The fraction of sp³-hybridized carbons (Fsp3) is 0.158. The third kappa shape index (κ3) is 4.44. The van der Waals surface area contributed by atoms with Gasteiger partial charge < -0.3 is 9.73 Å².